The van der Waals surface area contributed by atoms with E-state index < -0.39 is 0 Å². The average molecular weight is 262 g/mol. The van der Waals surface area contributed by atoms with Gasteiger partial charge in [0.1, 0.15) is 0 Å². The molecule has 2 rings (SSSR count). The van der Waals surface area contributed by atoms with Crippen molar-refractivity contribution in [1.82, 2.24) is 10.3 Å². The number of aromatic nitrogens is 1. The fourth-order valence-electron chi connectivity index (χ4n) is 1.39. The van der Waals surface area contributed by atoms with Crippen LogP contribution in [0.25, 0.3) is 0 Å². The number of benzene rings is 1. The highest BCUT2D eigenvalue weighted by Crippen LogP contribution is 2.13. The zero-order valence-electron chi connectivity index (χ0n) is 9.56. The largest absolute Gasteiger partial charge is 0.334 e. The second-order valence-corrected chi connectivity index (χ2v) is 4.11. The van der Waals surface area contributed by atoms with Gasteiger partial charge < -0.3 is 10.6 Å². The summed E-state index contributed by atoms with van der Waals surface area (Å²) >= 11 is 5.76. The summed E-state index contributed by atoms with van der Waals surface area (Å²) in [6.45, 7) is 0.460. The van der Waals surface area contributed by atoms with Crippen LogP contribution in [0.5, 0.6) is 0 Å². The number of amides is 2. The summed E-state index contributed by atoms with van der Waals surface area (Å²) in [6.07, 6.45) is 3.38. The lowest BCUT2D eigenvalue weighted by Gasteiger charge is -2.07. The van der Waals surface area contributed by atoms with Crippen LogP contribution in [-0.2, 0) is 6.54 Å². The van der Waals surface area contributed by atoms with Gasteiger partial charge in [0.05, 0.1) is 0 Å². The van der Waals surface area contributed by atoms with Crippen LogP contribution in [-0.4, -0.2) is 11.0 Å². The molecule has 18 heavy (non-hydrogen) atoms. The van der Waals surface area contributed by atoms with Gasteiger partial charge in [-0.25, -0.2) is 4.79 Å². The molecule has 1 aromatic carbocycles. The quantitative estimate of drug-likeness (QED) is 0.892. The maximum atomic E-state index is 11.6. The number of carbonyl (C=O) groups excluding carboxylic acids is 1. The monoisotopic (exact) mass is 261 g/mol. The molecule has 5 heteroatoms. The summed E-state index contributed by atoms with van der Waals surface area (Å²) < 4.78 is 0. The molecule has 0 bridgehead atoms. The van der Waals surface area contributed by atoms with Crippen molar-refractivity contribution < 1.29 is 4.79 Å². The summed E-state index contributed by atoms with van der Waals surface area (Å²) in [5.41, 5.74) is 1.70. The third-order valence-corrected chi connectivity index (χ3v) is 2.56. The van der Waals surface area contributed by atoms with Gasteiger partial charge in [-0.2, -0.15) is 0 Å². The maximum Gasteiger partial charge on any atom is 0.319 e. The Bertz CT molecular complexity index is 514. The third kappa shape index (κ3) is 3.75. The van der Waals surface area contributed by atoms with Gasteiger partial charge in [0, 0.05) is 29.6 Å². The minimum atomic E-state index is -0.255. The van der Waals surface area contributed by atoms with Gasteiger partial charge in [0.15, 0.2) is 0 Å². The molecule has 0 unspecified atom stereocenters. The van der Waals surface area contributed by atoms with Gasteiger partial charge >= 0.3 is 6.03 Å². The molecule has 0 atom stereocenters. The predicted molar refractivity (Wildman–Crippen MR) is 71.5 cm³/mol. The second kappa shape index (κ2) is 6.02. The van der Waals surface area contributed by atoms with Gasteiger partial charge in [0.25, 0.3) is 0 Å². The van der Waals surface area contributed by atoms with Crippen LogP contribution in [0.1, 0.15) is 5.56 Å². The molecule has 0 fully saturated rings. The van der Waals surface area contributed by atoms with E-state index in [-0.39, 0.29) is 6.03 Å². The number of nitrogens with one attached hydrogen (secondary N) is 2. The molecular weight excluding hydrogens is 250 g/mol. The second-order valence-electron chi connectivity index (χ2n) is 3.67. The van der Waals surface area contributed by atoms with E-state index in [0.717, 1.165) is 5.56 Å². The molecule has 1 heterocycles. The molecule has 0 radical (unpaired) electrons. The highest BCUT2D eigenvalue weighted by molar-refractivity contribution is 6.30. The van der Waals surface area contributed by atoms with E-state index >= 15 is 0 Å². The molecule has 92 valence electrons. The number of hydrogen-bond acceptors (Lipinski definition) is 2. The molecule has 1 aromatic heterocycles. The number of halogens is 1. The fourth-order valence-corrected chi connectivity index (χ4v) is 1.52. The highest BCUT2D eigenvalue weighted by Gasteiger charge is 2.01. The SMILES string of the molecule is O=C(NCc1ccncc1)Nc1ccc(Cl)cc1. The van der Waals surface area contributed by atoms with Gasteiger partial charge in [-0.05, 0) is 42.0 Å². The van der Waals surface area contributed by atoms with E-state index in [4.69, 9.17) is 11.6 Å². The van der Waals surface area contributed by atoms with Gasteiger partial charge in [-0.3, -0.25) is 4.98 Å². The summed E-state index contributed by atoms with van der Waals surface area (Å²) in [5.74, 6) is 0. The Hall–Kier alpha value is -2.07. The van der Waals surface area contributed by atoms with Crippen LogP contribution < -0.4 is 10.6 Å². The van der Waals surface area contributed by atoms with Gasteiger partial charge in [-0.15, -0.1) is 0 Å². The molecule has 2 aromatic rings. The Kier molecular flexibility index (Phi) is 4.15. The maximum absolute atomic E-state index is 11.6. The Morgan fingerprint density at radius 1 is 1.11 bits per heavy atom. The van der Waals surface area contributed by atoms with Crippen LogP contribution in [0, 0.1) is 0 Å². The fraction of sp³-hybridized carbons (Fsp3) is 0.0769. The molecular formula is C13H12ClN3O. The van der Waals surface area contributed by atoms with Crippen molar-refractivity contribution in [3.8, 4) is 0 Å². The van der Waals surface area contributed by atoms with Crippen molar-refractivity contribution in [3.05, 3.63) is 59.4 Å². The minimum Gasteiger partial charge on any atom is -0.334 e. The Balaban J connectivity index is 1.84. The van der Waals surface area contributed by atoms with E-state index in [9.17, 15) is 4.79 Å². The number of anilines is 1. The Morgan fingerprint density at radius 2 is 1.78 bits per heavy atom. The topological polar surface area (TPSA) is 54.0 Å². The predicted octanol–water partition coefficient (Wildman–Crippen LogP) is 3.06. The van der Waals surface area contributed by atoms with Crippen molar-refractivity contribution >= 4 is 23.3 Å². The molecule has 0 aliphatic carbocycles. The smallest absolute Gasteiger partial charge is 0.319 e. The lowest BCUT2D eigenvalue weighted by Crippen LogP contribution is -2.28. The molecule has 0 saturated carbocycles. The first-order chi connectivity index (χ1) is 8.74. The minimum absolute atomic E-state index is 0.255. The van der Waals surface area contributed by atoms with Gasteiger partial charge in [-0.1, -0.05) is 11.6 Å². The summed E-state index contributed by atoms with van der Waals surface area (Å²) in [7, 11) is 0. The summed E-state index contributed by atoms with van der Waals surface area (Å²) in [6, 6.07) is 10.4. The Labute approximate surface area is 110 Å². The molecule has 0 saturated heterocycles. The first-order valence-electron chi connectivity index (χ1n) is 5.43. The molecule has 0 aliphatic heterocycles. The van der Waals surface area contributed by atoms with E-state index in [1.807, 2.05) is 12.1 Å². The molecule has 4 nitrogen and oxygen atoms in total. The van der Waals surface area contributed by atoms with Crippen molar-refractivity contribution in [2.45, 2.75) is 6.54 Å². The third-order valence-electron chi connectivity index (χ3n) is 2.30. The summed E-state index contributed by atoms with van der Waals surface area (Å²) in [4.78, 5) is 15.5. The molecule has 0 spiro atoms. The lowest BCUT2D eigenvalue weighted by molar-refractivity contribution is 0.251. The van der Waals surface area contributed by atoms with Crippen molar-refractivity contribution in [3.63, 3.8) is 0 Å². The average Bonchev–Trinajstić information content (AvgIpc) is 2.40. The van der Waals surface area contributed by atoms with Crippen molar-refractivity contribution in [2.75, 3.05) is 5.32 Å². The number of hydrogen-bond donors (Lipinski definition) is 2. The molecule has 0 aliphatic rings. The number of rotatable bonds is 3. The van der Waals surface area contributed by atoms with E-state index in [0.29, 0.717) is 17.3 Å². The van der Waals surface area contributed by atoms with E-state index in [1.165, 1.54) is 0 Å². The summed E-state index contributed by atoms with van der Waals surface area (Å²) in [5, 5.41) is 6.10. The zero-order valence-corrected chi connectivity index (χ0v) is 10.3. The van der Waals surface area contributed by atoms with Crippen LogP contribution in [0.2, 0.25) is 5.02 Å². The molecule has 2 amide bonds. The highest BCUT2D eigenvalue weighted by atomic mass is 35.5. The van der Waals surface area contributed by atoms with E-state index in [1.54, 1.807) is 36.7 Å². The van der Waals surface area contributed by atoms with Crippen LogP contribution in [0.15, 0.2) is 48.8 Å². The number of pyridine rings is 1. The normalized spacial score (nSPS) is 9.83. The zero-order chi connectivity index (χ0) is 12.8. The van der Waals surface area contributed by atoms with Crippen LogP contribution in [0.3, 0.4) is 0 Å². The number of nitrogens with zero attached hydrogens (tertiary/aromatic N) is 1. The van der Waals surface area contributed by atoms with Crippen molar-refractivity contribution in [1.29, 1.82) is 0 Å². The van der Waals surface area contributed by atoms with Crippen LogP contribution >= 0.6 is 11.6 Å². The number of urea groups is 1. The van der Waals surface area contributed by atoms with Crippen LogP contribution in [0.4, 0.5) is 10.5 Å². The van der Waals surface area contributed by atoms with Gasteiger partial charge in [0.2, 0.25) is 0 Å². The first-order valence-corrected chi connectivity index (χ1v) is 5.81. The molecule has 2 N–H and O–H groups in total. The lowest BCUT2D eigenvalue weighted by atomic mass is 10.3. The Morgan fingerprint density at radius 3 is 2.44 bits per heavy atom. The standard InChI is InChI=1S/C13H12ClN3O/c14-11-1-3-12(4-2-11)17-13(18)16-9-10-5-7-15-8-6-10/h1-8H,9H2,(H2,16,17,18). The van der Waals surface area contributed by atoms with E-state index in [2.05, 4.69) is 15.6 Å². The van der Waals surface area contributed by atoms with Crippen molar-refractivity contribution in [2.24, 2.45) is 0 Å². The first kappa shape index (κ1) is 12.4. The number of carbonyl (C=O) groups is 1.